The fourth-order valence-electron chi connectivity index (χ4n) is 2.13. The van der Waals surface area contributed by atoms with E-state index in [1.807, 2.05) is 0 Å². The number of anilines is 1. The van der Waals surface area contributed by atoms with Crippen molar-refractivity contribution in [2.24, 2.45) is 5.92 Å². The van der Waals surface area contributed by atoms with E-state index in [1.165, 1.54) is 7.11 Å². The van der Waals surface area contributed by atoms with Gasteiger partial charge in [0, 0.05) is 31.0 Å². The molecule has 1 fully saturated rings. The van der Waals surface area contributed by atoms with Crippen molar-refractivity contribution in [3.8, 4) is 5.88 Å². The van der Waals surface area contributed by atoms with E-state index < -0.39 is 5.97 Å². The molecule has 1 aliphatic heterocycles. The third-order valence-corrected chi connectivity index (χ3v) is 3.33. The zero-order valence-corrected chi connectivity index (χ0v) is 11.2. The summed E-state index contributed by atoms with van der Waals surface area (Å²) < 4.78 is 4.98. The number of methoxy groups -OCH3 is 1. The Labute approximate surface area is 116 Å². The summed E-state index contributed by atoms with van der Waals surface area (Å²) in [6.45, 7) is 0.899. The van der Waals surface area contributed by atoms with E-state index in [4.69, 9.17) is 9.84 Å². The largest absolute Gasteiger partial charge is 0.481 e. The Morgan fingerprint density at radius 2 is 2.15 bits per heavy atom. The fraction of sp³-hybridized carbons (Fsp3) is 0.462. The van der Waals surface area contributed by atoms with Crippen LogP contribution >= 0.6 is 0 Å². The van der Waals surface area contributed by atoms with Crippen LogP contribution in [0.15, 0.2) is 18.3 Å². The topological polar surface area (TPSA) is 91.8 Å². The van der Waals surface area contributed by atoms with Gasteiger partial charge in [0.1, 0.15) is 0 Å². The molecule has 0 bridgehead atoms. The third kappa shape index (κ3) is 3.37. The first-order chi connectivity index (χ1) is 9.60. The summed E-state index contributed by atoms with van der Waals surface area (Å²) in [5.74, 6) is -0.712. The summed E-state index contributed by atoms with van der Waals surface area (Å²) in [5.41, 5.74) is 0.599. The van der Waals surface area contributed by atoms with Crippen molar-refractivity contribution in [1.82, 2.24) is 9.88 Å². The lowest BCUT2D eigenvalue weighted by atomic mass is 9.97. The van der Waals surface area contributed by atoms with E-state index in [2.05, 4.69) is 10.3 Å². The lowest BCUT2D eigenvalue weighted by Crippen LogP contribution is -2.42. The molecule has 0 unspecified atom stereocenters. The first kappa shape index (κ1) is 14.1. The third-order valence-electron chi connectivity index (χ3n) is 3.33. The second-order valence-corrected chi connectivity index (χ2v) is 4.62. The number of pyridine rings is 1. The standard InChI is InChI=1S/C13H17N3O4/c1-20-11-8-10(2-5-14-11)15-13(19)16-6-3-9(4-7-16)12(17)18/h2,5,8-9H,3-4,6-7H2,1H3,(H,17,18)(H,14,15,19). The van der Waals surface area contributed by atoms with Crippen LogP contribution in [0.25, 0.3) is 0 Å². The molecule has 0 aliphatic carbocycles. The molecule has 0 atom stereocenters. The Bertz CT molecular complexity index is 498. The number of aliphatic carboxylic acids is 1. The summed E-state index contributed by atoms with van der Waals surface area (Å²) in [6, 6.07) is 3.06. The molecular weight excluding hydrogens is 262 g/mol. The Morgan fingerprint density at radius 3 is 2.75 bits per heavy atom. The van der Waals surface area contributed by atoms with Crippen LogP contribution in [0.2, 0.25) is 0 Å². The maximum absolute atomic E-state index is 12.0. The predicted molar refractivity (Wildman–Crippen MR) is 71.7 cm³/mol. The van der Waals surface area contributed by atoms with Crippen LogP contribution < -0.4 is 10.1 Å². The van der Waals surface area contributed by atoms with Crippen LogP contribution in [0.5, 0.6) is 5.88 Å². The number of urea groups is 1. The minimum atomic E-state index is -0.788. The van der Waals surface area contributed by atoms with Gasteiger partial charge in [-0.05, 0) is 18.9 Å². The molecule has 2 rings (SSSR count). The smallest absolute Gasteiger partial charge is 0.321 e. The van der Waals surface area contributed by atoms with Crippen LogP contribution in [-0.2, 0) is 4.79 Å². The number of piperidine rings is 1. The number of nitrogens with zero attached hydrogens (tertiary/aromatic N) is 2. The van der Waals surface area contributed by atoms with Gasteiger partial charge in [-0.25, -0.2) is 9.78 Å². The maximum atomic E-state index is 12.0. The van der Waals surface area contributed by atoms with Crippen LogP contribution in [0.4, 0.5) is 10.5 Å². The first-order valence-corrected chi connectivity index (χ1v) is 6.39. The molecule has 2 amide bonds. The number of rotatable bonds is 3. The summed E-state index contributed by atoms with van der Waals surface area (Å²) in [7, 11) is 1.50. The normalized spacial score (nSPS) is 15.8. The number of carbonyl (C=O) groups excluding carboxylic acids is 1. The van der Waals surface area contributed by atoms with Gasteiger partial charge in [0.15, 0.2) is 0 Å². The highest BCUT2D eigenvalue weighted by Gasteiger charge is 2.26. The van der Waals surface area contributed by atoms with Gasteiger partial charge >= 0.3 is 12.0 Å². The molecule has 2 heterocycles. The number of carbonyl (C=O) groups is 2. The molecule has 0 aromatic carbocycles. The summed E-state index contributed by atoms with van der Waals surface area (Å²) in [4.78, 5) is 28.5. The number of likely N-dealkylation sites (tertiary alicyclic amines) is 1. The van der Waals surface area contributed by atoms with Gasteiger partial charge in [-0.2, -0.15) is 0 Å². The van der Waals surface area contributed by atoms with Crippen molar-refractivity contribution >= 4 is 17.7 Å². The maximum Gasteiger partial charge on any atom is 0.321 e. The van der Waals surface area contributed by atoms with Crippen molar-refractivity contribution in [3.63, 3.8) is 0 Å². The average Bonchev–Trinajstić information content (AvgIpc) is 2.47. The molecule has 0 radical (unpaired) electrons. The van der Waals surface area contributed by atoms with E-state index in [0.717, 1.165) is 0 Å². The highest BCUT2D eigenvalue weighted by atomic mass is 16.5. The Morgan fingerprint density at radius 1 is 1.45 bits per heavy atom. The lowest BCUT2D eigenvalue weighted by molar-refractivity contribution is -0.143. The molecule has 1 aliphatic rings. The molecule has 7 heteroatoms. The number of ether oxygens (including phenoxy) is 1. The molecule has 0 saturated carbocycles. The monoisotopic (exact) mass is 279 g/mol. The number of aromatic nitrogens is 1. The number of carboxylic acids is 1. The molecule has 1 aromatic heterocycles. The van der Waals surface area contributed by atoms with Crippen molar-refractivity contribution in [3.05, 3.63) is 18.3 Å². The molecule has 1 saturated heterocycles. The van der Waals surface area contributed by atoms with E-state index >= 15 is 0 Å². The van der Waals surface area contributed by atoms with Gasteiger partial charge in [-0.15, -0.1) is 0 Å². The van der Waals surface area contributed by atoms with Crippen molar-refractivity contribution in [1.29, 1.82) is 0 Å². The zero-order chi connectivity index (χ0) is 14.5. The Hall–Kier alpha value is -2.31. The van der Waals surface area contributed by atoms with Crippen molar-refractivity contribution in [2.45, 2.75) is 12.8 Å². The van der Waals surface area contributed by atoms with Crippen LogP contribution in [-0.4, -0.2) is 47.2 Å². The summed E-state index contributed by atoms with van der Waals surface area (Å²) >= 11 is 0. The second-order valence-electron chi connectivity index (χ2n) is 4.62. The summed E-state index contributed by atoms with van der Waals surface area (Å²) in [6.07, 6.45) is 2.52. The van der Waals surface area contributed by atoms with Gasteiger partial charge < -0.3 is 20.1 Å². The SMILES string of the molecule is COc1cc(NC(=O)N2CCC(C(=O)O)CC2)ccn1. The predicted octanol–water partition coefficient (Wildman–Crippen LogP) is 1.42. The number of nitrogens with one attached hydrogen (secondary N) is 1. The first-order valence-electron chi connectivity index (χ1n) is 6.39. The fourth-order valence-corrected chi connectivity index (χ4v) is 2.13. The molecule has 2 N–H and O–H groups in total. The second kappa shape index (κ2) is 6.23. The van der Waals surface area contributed by atoms with Crippen LogP contribution in [0.3, 0.4) is 0 Å². The van der Waals surface area contributed by atoms with Crippen LogP contribution in [0, 0.1) is 5.92 Å². The van der Waals surface area contributed by atoms with Gasteiger partial charge in [-0.3, -0.25) is 4.79 Å². The van der Waals surface area contributed by atoms with Gasteiger partial charge in [0.05, 0.1) is 13.0 Å². The zero-order valence-electron chi connectivity index (χ0n) is 11.2. The Balaban J connectivity index is 1.91. The number of carboxylic acid groups (broad SMARTS) is 1. The molecular formula is C13H17N3O4. The van der Waals surface area contributed by atoms with Crippen LogP contribution in [0.1, 0.15) is 12.8 Å². The molecule has 108 valence electrons. The highest BCUT2D eigenvalue weighted by Crippen LogP contribution is 2.19. The molecule has 0 spiro atoms. The number of hydrogen-bond acceptors (Lipinski definition) is 4. The van der Waals surface area contributed by atoms with E-state index in [9.17, 15) is 9.59 Å². The van der Waals surface area contributed by atoms with Gasteiger partial charge in [0.25, 0.3) is 0 Å². The van der Waals surface area contributed by atoms with Crippen molar-refractivity contribution in [2.75, 3.05) is 25.5 Å². The quantitative estimate of drug-likeness (QED) is 0.873. The summed E-state index contributed by atoms with van der Waals surface area (Å²) in [5, 5.41) is 11.7. The average molecular weight is 279 g/mol. The number of amides is 2. The number of hydrogen-bond donors (Lipinski definition) is 2. The van der Waals surface area contributed by atoms with Gasteiger partial charge in [0.2, 0.25) is 5.88 Å². The van der Waals surface area contributed by atoms with E-state index in [1.54, 1.807) is 23.2 Å². The molecule has 20 heavy (non-hydrogen) atoms. The molecule has 1 aromatic rings. The lowest BCUT2D eigenvalue weighted by Gasteiger charge is -2.30. The van der Waals surface area contributed by atoms with E-state index in [-0.39, 0.29) is 11.9 Å². The van der Waals surface area contributed by atoms with Crippen molar-refractivity contribution < 1.29 is 19.4 Å². The molecule has 7 nitrogen and oxygen atoms in total. The highest BCUT2D eigenvalue weighted by molar-refractivity contribution is 5.89. The van der Waals surface area contributed by atoms with E-state index in [0.29, 0.717) is 37.5 Å². The van der Waals surface area contributed by atoms with Gasteiger partial charge in [-0.1, -0.05) is 0 Å². The minimum absolute atomic E-state index is 0.234. The minimum Gasteiger partial charge on any atom is -0.481 e. The Kier molecular flexibility index (Phi) is 4.39.